The molecule has 0 bridgehead atoms. The van der Waals surface area contributed by atoms with E-state index in [4.69, 9.17) is 15.6 Å². The molecule has 1 atom stereocenters. The van der Waals surface area contributed by atoms with Crippen LogP contribution in [0.1, 0.15) is 23.2 Å². The normalized spacial score (nSPS) is 18.0. The number of sulfonamides is 1. The highest BCUT2D eigenvalue weighted by Crippen LogP contribution is 2.25. The molecule has 134 valence electrons. The van der Waals surface area contributed by atoms with Crippen LogP contribution in [0.5, 0.6) is 5.75 Å². The predicted molar refractivity (Wildman–Crippen MR) is 87.6 cm³/mol. The third kappa shape index (κ3) is 5.15. The fraction of sp³-hybridized carbons (Fsp3) is 0.533. The maximum Gasteiger partial charge on any atom is 0.257 e. The van der Waals surface area contributed by atoms with Crippen LogP contribution >= 0.6 is 0 Å². The zero-order valence-electron chi connectivity index (χ0n) is 13.3. The van der Waals surface area contributed by atoms with Crippen LogP contribution in [0.3, 0.4) is 0 Å². The Morgan fingerprint density at radius 3 is 2.83 bits per heavy atom. The van der Waals surface area contributed by atoms with E-state index < -0.39 is 15.8 Å². The van der Waals surface area contributed by atoms with Gasteiger partial charge >= 0.3 is 0 Å². The van der Waals surface area contributed by atoms with Gasteiger partial charge in [-0.15, -0.1) is 0 Å². The topological polar surface area (TPSA) is 116 Å². The Morgan fingerprint density at radius 2 is 2.17 bits per heavy atom. The van der Waals surface area contributed by atoms with Crippen LogP contribution in [-0.4, -0.2) is 51.2 Å². The van der Waals surface area contributed by atoms with Crippen LogP contribution in [0.2, 0.25) is 0 Å². The van der Waals surface area contributed by atoms with Crippen LogP contribution in [0.4, 0.5) is 4.39 Å². The van der Waals surface area contributed by atoms with Crippen molar-refractivity contribution in [1.82, 2.24) is 4.90 Å². The molecule has 0 saturated carbocycles. The second-order valence-electron chi connectivity index (χ2n) is 5.87. The number of benzene rings is 1. The van der Waals surface area contributed by atoms with Gasteiger partial charge in [-0.3, -0.25) is 4.79 Å². The summed E-state index contributed by atoms with van der Waals surface area (Å²) < 4.78 is 41.4. The Labute approximate surface area is 140 Å². The van der Waals surface area contributed by atoms with Crippen LogP contribution in [0, 0.1) is 11.7 Å². The Kier molecular flexibility index (Phi) is 6.14. The van der Waals surface area contributed by atoms with E-state index in [0.29, 0.717) is 38.3 Å². The van der Waals surface area contributed by atoms with Gasteiger partial charge in [-0.25, -0.2) is 17.9 Å². The number of rotatable bonds is 7. The highest BCUT2D eigenvalue weighted by molar-refractivity contribution is 7.89. The van der Waals surface area contributed by atoms with Crippen LogP contribution < -0.4 is 15.6 Å². The Morgan fingerprint density at radius 1 is 1.42 bits per heavy atom. The lowest BCUT2D eigenvalue weighted by molar-refractivity contribution is 0.0783. The zero-order valence-corrected chi connectivity index (χ0v) is 14.1. The molecule has 7 nitrogen and oxygen atoms in total. The monoisotopic (exact) mass is 359 g/mol. The summed E-state index contributed by atoms with van der Waals surface area (Å²) in [4.78, 5) is 14.1. The van der Waals surface area contributed by atoms with E-state index in [9.17, 15) is 17.6 Å². The maximum absolute atomic E-state index is 13.5. The van der Waals surface area contributed by atoms with E-state index in [1.807, 2.05) is 0 Å². The van der Waals surface area contributed by atoms with Crippen molar-refractivity contribution in [2.45, 2.75) is 12.8 Å². The number of nitrogens with zero attached hydrogens (tertiary/aromatic N) is 1. The fourth-order valence-corrected chi connectivity index (χ4v) is 3.64. The SMILES string of the molecule is NCCCOc1ccc(F)cc1C(=O)N1CCC(CS(N)(=O)=O)C1. The molecule has 1 amide bonds. The van der Waals surface area contributed by atoms with Crippen molar-refractivity contribution in [2.75, 3.05) is 32.0 Å². The van der Waals surface area contributed by atoms with Crippen molar-refractivity contribution in [2.24, 2.45) is 16.8 Å². The third-order valence-electron chi connectivity index (χ3n) is 3.82. The van der Waals surface area contributed by atoms with E-state index in [1.54, 1.807) is 0 Å². The molecule has 2 rings (SSSR count). The van der Waals surface area contributed by atoms with Gasteiger partial charge in [0.05, 0.1) is 17.9 Å². The van der Waals surface area contributed by atoms with Gasteiger partial charge in [0.1, 0.15) is 11.6 Å². The molecule has 0 aliphatic carbocycles. The van der Waals surface area contributed by atoms with E-state index in [0.717, 1.165) is 6.07 Å². The molecule has 1 unspecified atom stereocenters. The number of nitrogens with two attached hydrogens (primary N) is 2. The van der Waals surface area contributed by atoms with Crippen molar-refractivity contribution in [3.8, 4) is 5.75 Å². The van der Waals surface area contributed by atoms with E-state index in [1.165, 1.54) is 17.0 Å². The molecule has 4 N–H and O–H groups in total. The molecule has 1 aliphatic heterocycles. The molecule has 1 aromatic carbocycles. The molecule has 1 aliphatic rings. The lowest BCUT2D eigenvalue weighted by atomic mass is 10.1. The average Bonchev–Trinajstić information content (AvgIpc) is 2.94. The minimum Gasteiger partial charge on any atom is -0.493 e. The van der Waals surface area contributed by atoms with Crippen LogP contribution in [0.25, 0.3) is 0 Å². The number of primary sulfonamides is 1. The summed E-state index contributed by atoms with van der Waals surface area (Å²) >= 11 is 0. The first-order chi connectivity index (χ1) is 11.3. The van der Waals surface area contributed by atoms with E-state index >= 15 is 0 Å². The van der Waals surface area contributed by atoms with Gasteiger partial charge in [-0.1, -0.05) is 0 Å². The van der Waals surface area contributed by atoms with Crippen molar-refractivity contribution in [3.63, 3.8) is 0 Å². The Balaban J connectivity index is 2.10. The number of hydrogen-bond acceptors (Lipinski definition) is 5. The van der Waals surface area contributed by atoms with Gasteiger partial charge < -0.3 is 15.4 Å². The van der Waals surface area contributed by atoms with Crippen molar-refractivity contribution >= 4 is 15.9 Å². The van der Waals surface area contributed by atoms with E-state index in [-0.39, 0.29) is 29.7 Å². The molecule has 0 spiro atoms. The maximum atomic E-state index is 13.5. The Bertz CT molecular complexity index is 696. The Hall–Kier alpha value is -1.71. The number of carbonyl (C=O) groups is 1. The summed E-state index contributed by atoms with van der Waals surface area (Å²) in [6.07, 6.45) is 1.16. The summed E-state index contributed by atoms with van der Waals surface area (Å²) in [5.41, 5.74) is 5.53. The second-order valence-corrected chi connectivity index (χ2v) is 7.53. The van der Waals surface area contributed by atoms with Gasteiger partial charge in [0.25, 0.3) is 5.91 Å². The smallest absolute Gasteiger partial charge is 0.257 e. The minimum absolute atomic E-state index is 0.128. The third-order valence-corrected chi connectivity index (χ3v) is 4.76. The highest BCUT2D eigenvalue weighted by atomic mass is 32.2. The first-order valence-electron chi connectivity index (χ1n) is 7.72. The molecule has 0 aromatic heterocycles. The number of ether oxygens (including phenoxy) is 1. The fourth-order valence-electron chi connectivity index (χ4n) is 2.71. The second kappa shape index (κ2) is 7.91. The molecule has 0 radical (unpaired) electrons. The summed E-state index contributed by atoms with van der Waals surface area (Å²) in [5, 5.41) is 5.05. The van der Waals surface area contributed by atoms with Gasteiger partial charge in [0.2, 0.25) is 10.0 Å². The lowest BCUT2D eigenvalue weighted by Gasteiger charge is -2.19. The summed E-state index contributed by atoms with van der Waals surface area (Å²) in [6, 6.07) is 3.77. The van der Waals surface area contributed by atoms with Crippen molar-refractivity contribution in [1.29, 1.82) is 0 Å². The molecule has 24 heavy (non-hydrogen) atoms. The molecular weight excluding hydrogens is 337 g/mol. The van der Waals surface area contributed by atoms with Crippen molar-refractivity contribution in [3.05, 3.63) is 29.6 Å². The number of hydrogen-bond donors (Lipinski definition) is 2. The first-order valence-corrected chi connectivity index (χ1v) is 9.44. The number of carbonyl (C=O) groups excluding carboxylic acids is 1. The summed E-state index contributed by atoms with van der Waals surface area (Å²) in [5.74, 6) is -0.998. The first kappa shape index (κ1) is 18.6. The molecule has 1 aromatic rings. The van der Waals surface area contributed by atoms with Crippen LogP contribution in [0.15, 0.2) is 18.2 Å². The molecule has 1 heterocycles. The number of likely N-dealkylation sites (tertiary alicyclic amines) is 1. The van der Waals surface area contributed by atoms with Gasteiger partial charge in [0, 0.05) is 13.1 Å². The van der Waals surface area contributed by atoms with Gasteiger partial charge in [0.15, 0.2) is 0 Å². The highest BCUT2D eigenvalue weighted by Gasteiger charge is 2.30. The quantitative estimate of drug-likeness (QED) is 0.680. The molecule has 9 heteroatoms. The van der Waals surface area contributed by atoms with Gasteiger partial charge in [-0.2, -0.15) is 0 Å². The zero-order chi connectivity index (χ0) is 17.7. The predicted octanol–water partition coefficient (Wildman–Crippen LogP) is 0.304. The molecular formula is C15H22FN3O4S. The number of halogens is 1. The van der Waals surface area contributed by atoms with E-state index in [2.05, 4.69) is 0 Å². The number of amides is 1. The van der Waals surface area contributed by atoms with Crippen molar-refractivity contribution < 1.29 is 22.3 Å². The van der Waals surface area contributed by atoms with Gasteiger partial charge in [-0.05, 0) is 43.5 Å². The minimum atomic E-state index is -3.59. The molecule has 1 fully saturated rings. The molecule has 1 saturated heterocycles. The average molecular weight is 359 g/mol. The summed E-state index contributed by atoms with van der Waals surface area (Å²) in [6.45, 7) is 1.45. The summed E-state index contributed by atoms with van der Waals surface area (Å²) in [7, 11) is -3.59. The van der Waals surface area contributed by atoms with Crippen LogP contribution in [-0.2, 0) is 10.0 Å². The largest absolute Gasteiger partial charge is 0.493 e. The lowest BCUT2D eigenvalue weighted by Crippen LogP contribution is -2.31. The standard InChI is InChI=1S/C15H22FN3O4S/c16-12-2-3-14(23-7-1-5-17)13(8-12)15(20)19-6-4-11(9-19)10-24(18,21)22/h2-3,8,11H,1,4-7,9-10,17H2,(H2,18,21,22).